The summed E-state index contributed by atoms with van der Waals surface area (Å²) in [5.41, 5.74) is 0. The first-order valence-electron chi connectivity index (χ1n) is 7.73. The van der Waals surface area contributed by atoms with Crippen molar-refractivity contribution in [1.29, 1.82) is 0 Å². The zero-order chi connectivity index (χ0) is 17.6. The van der Waals surface area contributed by atoms with Crippen LogP contribution in [-0.2, 0) is 9.84 Å². The topological polar surface area (TPSA) is 79.8 Å². The average molecular weight is 361 g/mol. The maximum absolute atomic E-state index is 13.1. The lowest BCUT2D eigenvalue weighted by Crippen LogP contribution is -2.44. The van der Waals surface area contributed by atoms with E-state index in [1.54, 1.807) is 0 Å². The number of rotatable bonds is 6. The van der Waals surface area contributed by atoms with Crippen LogP contribution in [0.5, 0.6) is 5.75 Å². The number of hydrogen-bond donors (Lipinski definition) is 2. The Morgan fingerprint density at radius 1 is 1.38 bits per heavy atom. The van der Waals surface area contributed by atoms with E-state index in [1.165, 1.54) is 6.07 Å². The molecule has 0 spiro atoms. The van der Waals surface area contributed by atoms with Gasteiger partial charge in [0, 0.05) is 18.7 Å². The van der Waals surface area contributed by atoms with Crippen molar-refractivity contribution in [2.75, 3.05) is 31.2 Å². The van der Waals surface area contributed by atoms with E-state index in [1.807, 2.05) is 6.92 Å². The lowest BCUT2D eigenvalue weighted by Gasteiger charge is -2.15. The van der Waals surface area contributed by atoms with Crippen molar-refractivity contribution in [3.8, 4) is 5.75 Å². The molecule has 1 aromatic rings. The fourth-order valence-corrected chi connectivity index (χ4v) is 3.98. The minimum atomic E-state index is -2.96. The van der Waals surface area contributed by atoms with Gasteiger partial charge in [0.25, 0.3) is 0 Å². The van der Waals surface area contributed by atoms with Crippen molar-refractivity contribution in [2.45, 2.75) is 19.4 Å². The molecule has 1 saturated heterocycles. The maximum atomic E-state index is 13.1. The van der Waals surface area contributed by atoms with Crippen molar-refractivity contribution in [1.82, 2.24) is 10.6 Å². The molecule has 1 aliphatic rings. The Hall–Kier alpha value is -1.90. The van der Waals surface area contributed by atoms with Crippen molar-refractivity contribution in [3.63, 3.8) is 0 Å². The first kappa shape index (κ1) is 18.4. The third-order valence-electron chi connectivity index (χ3n) is 3.44. The molecule has 2 N–H and O–H groups in total. The highest BCUT2D eigenvalue weighted by molar-refractivity contribution is 7.91. The summed E-state index contributed by atoms with van der Waals surface area (Å²) in [6.45, 7) is 3.01. The van der Waals surface area contributed by atoms with Gasteiger partial charge in [0.15, 0.2) is 27.4 Å². The second-order valence-electron chi connectivity index (χ2n) is 5.43. The molecule has 1 aliphatic heterocycles. The predicted molar refractivity (Wildman–Crippen MR) is 88.0 cm³/mol. The van der Waals surface area contributed by atoms with Gasteiger partial charge in [-0.3, -0.25) is 0 Å². The van der Waals surface area contributed by atoms with Crippen LogP contribution in [0, 0.1) is 11.6 Å². The van der Waals surface area contributed by atoms with Crippen LogP contribution in [0.4, 0.5) is 8.78 Å². The van der Waals surface area contributed by atoms with Crippen LogP contribution in [-0.4, -0.2) is 51.6 Å². The number of benzene rings is 1. The maximum Gasteiger partial charge on any atom is 0.191 e. The molecule has 0 aromatic heterocycles. The Kier molecular flexibility index (Phi) is 6.36. The van der Waals surface area contributed by atoms with E-state index in [0.717, 1.165) is 12.1 Å². The zero-order valence-corrected chi connectivity index (χ0v) is 14.2. The van der Waals surface area contributed by atoms with E-state index < -0.39 is 21.5 Å². The molecular formula is C15H21F2N3O3S. The van der Waals surface area contributed by atoms with Gasteiger partial charge in [-0.25, -0.2) is 22.2 Å². The average Bonchev–Trinajstić information content (AvgIpc) is 2.86. The fourth-order valence-electron chi connectivity index (χ4n) is 2.31. The highest BCUT2D eigenvalue weighted by atomic mass is 32.2. The number of nitrogens with one attached hydrogen (secondary N) is 2. The quantitative estimate of drug-likeness (QED) is 0.450. The zero-order valence-electron chi connectivity index (χ0n) is 13.4. The van der Waals surface area contributed by atoms with Gasteiger partial charge in [-0.05, 0) is 25.5 Å². The van der Waals surface area contributed by atoms with Gasteiger partial charge in [0.05, 0.1) is 18.1 Å². The van der Waals surface area contributed by atoms with E-state index >= 15 is 0 Å². The largest absolute Gasteiger partial charge is 0.492 e. The Bertz CT molecular complexity index is 695. The molecule has 0 aliphatic carbocycles. The van der Waals surface area contributed by atoms with Crippen LogP contribution in [0.2, 0.25) is 0 Å². The van der Waals surface area contributed by atoms with Gasteiger partial charge in [-0.2, -0.15) is 0 Å². The number of aliphatic imine (C=N–C) groups is 1. The highest BCUT2D eigenvalue weighted by Crippen LogP contribution is 2.15. The van der Waals surface area contributed by atoms with Crippen molar-refractivity contribution in [3.05, 3.63) is 29.8 Å². The minimum Gasteiger partial charge on any atom is -0.492 e. The Morgan fingerprint density at radius 3 is 2.79 bits per heavy atom. The smallest absolute Gasteiger partial charge is 0.191 e. The molecule has 0 radical (unpaired) electrons. The van der Waals surface area contributed by atoms with Crippen molar-refractivity contribution >= 4 is 15.8 Å². The summed E-state index contributed by atoms with van der Waals surface area (Å²) in [7, 11) is -2.96. The van der Waals surface area contributed by atoms with Gasteiger partial charge in [0.1, 0.15) is 12.4 Å². The van der Waals surface area contributed by atoms with Crippen LogP contribution in [0.1, 0.15) is 13.3 Å². The molecule has 1 atom stereocenters. The van der Waals surface area contributed by atoms with Crippen LogP contribution in [0.25, 0.3) is 0 Å². The van der Waals surface area contributed by atoms with Gasteiger partial charge < -0.3 is 15.4 Å². The number of hydrogen-bond acceptors (Lipinski definition) is 4. The van der Waals surface area contributed by atoms with E-state index in [9.17, 15) is 17.2 Å². The van der Waals surface area contributed by atoms with E-state index in [4.69, 9.17) is 4.74 Å². The summed E-state index contributed by atoms with van der Waals surface area (Å²) in [6.07, 6.45) is 0.554. The molecule has 134 valence electrons. The van der Waals surface area contributed by atoms with Gasteiger partial charge in [-0.1, -0.05) is 0 Å². The Labute approximate surface area is 140 Å². The Balaban J connectivity index is 1.83. The molecule has 1 heterocycles. The standard InChI is InChI=1S/C15H21F2N3O3S/c1-2-18-15(20-11-5-8-24(21,22)10-11)19-6-7-23-12-3-4-13(16)14(17)9-12/h3-4,9,11H,2,5-8,10H2,1H3,(H2,18,19,20). The Morgan fingerprint density at radius 2 is 2.17 bits per heavy atom. The van der Waals surface area contributed by atoms with Crippen LogP contribution in [0.15, 0.2) is 23.2 Å². The molecule has 1 unspecified atom stereocenters. The molecule has 0 amide bonds. The number of ether oxygens (including phenoxy) is 1. The van der Waals surface area contributed by atoms with Gasteiger partial charge in [0.2, 0.25) is 0 Å². The molecule has 6 nitrogen and oxygen atoms in total. The molecule has 2 rings (SSSR count). The molecule has 0 bridgehead atoms. The highest BCUT2D eigenvalue weighted by Gasteiger charge is 2.28. The lowest BCUT2D eigenvalue weighted by molar-refractivity contribution is 0.325. The molecule has 24 heavy (non-hydrogen) atoms. The van der Waals surface area contributed by atoms with Crippen LogP contribution < -0.4 is 15.4 Å². The third kappa shape index (κ3) is 5.63. The van der Waals surface area contributed by atoms with E-state index in [2.05, 4.69) is 15.6 Å². The van der Waals surface area contributed by atoms with Gasteiger partial charge >= 0.3 is 0 Å². The summed E-state index contributed by atoms with van der Waals surface area (Å²) >= 11 is 0. The number of halogens is 2. The molecular weight excluding hydrogens is 340 g/mol. The molecule has 9 heteroatoms. The predicted octanol–water partition coefficient (Wildman–Crippen LogP) is 1.09. The molecule has 1 fully saturated rings. The first-order valence-corrected chi connectivity index (χ1v) is 9.55. The number of nitrogens with zero attached hydrogens (tertiary/aromatic N) is 1. The van der Waals surface area contributed by atoms with Gasteiger partial charge in [-0.15, -0.1) is 0 Å². The van der Waals surface area contributed by atoms with E-state index in [-0.39, 0.29) is 36.4 Å². The lowest BCUT2D eigenvalue weighted by atomic mass is 10.3. The summed E-state index contributed by atoms with van der Waals surface area (Å²) in [5, 5.41) is 6.11. The SMILES string of the molecule is CCNC(=NCCOc1ccc(F)c(F)c1)NC1CCS(=O)(=O)C1. The summed E-state index contributed by atoms with van der Waals surface area (Å²) in [6, 6.07) is 3.17. The van der Waals surface area contributed by atoms with E-state index in [0.29, 0.717) is 18.9 Å². The second-order valence-corrected chi connectivity index (χ2v) is 7.66. The second kappa shape index (κ2) is 8.27. The van der Waals surface area contributed by atoms with Crippen molar-refractivity contribution in [2.24, 2.45) is 4.99 Å². The minimum absolute atomic E-state index is 0.1000. The fraction of sp³-hybridized carbons (Fsp3) is 0.533. The molecule has 1 aromatic carbocycles. The number of guanidine groups is 1. The molecule has 0 saturated carbocycles. The summed E-state index contributed by atoms with van der Waals surface area (Å²) < 4.78 is 54.1. The van der Waals surface area contributed by atoms with Crippen molar-refractivity contribution < 1.29 is 21.9 Å². The normalized spacial score (nSPS) is 20.0. The van der Waals surface area contributed by atoms with Crippen LogP contribution >= 0.6 is 0 Å². The summed E-state index contributed by atoms with van der Waals surface area (Å²) in [4.78, 5) is 4.29. The first-order chi connectivity index (χ1) is 11.4. The summed E-state index contributed by atoms with van der Waals surface area (Å²) in [5.74, 6) is -0.872. The monoisotopic (exact) mass is 361 g/mol. The van der Waals surface area contributed by atoms with Crippen LogP contribution in [0.3, 0.4) is 0 Å². The number of sulfone groups is 1. The third-order valence-corrected chi connectivity index (χ3v) is 5.21.